The van der Waals surface area contributed by atoms with Gasteiger partial charge in [-0.05, 0) is 31.5 Å². The monoisotopic (exact) mass is 416 g/mol. The molecule has 1 fully saturated rings. The smallest absolute Gasteiger partial charge is 0.243 e. The molecule has 0 aromatic heterocycles. The Labute approximate surface area is 173 Å². The summed E-state index contributed by atoms with van der Waals surface area (Å²) in [5.41, 5.74) is 3.29. The molecule has 156 valence electrons. The molecule has 0 atom stereocenters. The number of hydrogen-bond acceptors (Lipinski definition) is 4. The highest BCUT2D eigenvalue weighted by Crippen LogP contribution is 2.18. The molecule has 1 aliphatic heterocycles. The van der Waals surface area contributed by atoms with E-state index in [9.17, 15) is 13.2 Å². The van der Waals surface area contributed by atoms with Gasteiger partial charge in [-0.15, -0.1) is 0 Å². The summed E-state index contributed by atoms with van der Waals surface area (Å²) in [4.78, 5) is 14.4. The molecule has 1 amide bonds. The molecule has 1 saturated heterocycles. The average Bonchev–Trinajstić information content (AvgIpc) is 2.88. The van der Waals surface area contributed by atoms with Gasteiger partial charge in [0.2, 0.25) is 15.9 Å². The lowest BCUT2D eigenvalue weighted by Crippen LogP contribution is -2.37. The van der Waals surface area contributed by atoms with Crippen LogP contribution in [0.5, 0.6) is 0 Å². The molecule has 0 bridgehead atoms. The zero-order valence-corrected chi connectivity index (χ0v) is 17.8. The van der Waals surface area contributed by atoms with Crippen molar-refractivity contribution in [3.05, 3.63) is 65.2 Å². The van der Waals surface area contributed by atoms with Crippen LogP contribution in [0.4, 0.5) is 0 Å². The van der Waals surface area contributed by atoms with Crippen LogP contribution in [0.15, 0.2) is 53.4 Å². The number of sulfonamides is 1. The Morgan fingerprint density at radius 1 is 0.966 bits per heavy atom. The van der Waals surface area contributed by atoms with Gasteiger partial charge in [-0.2, -0.15) is 4.31 Å². The van der Waals surface area contributed by atoms with Gasteiger partial charge in [0.05, 0.1) is 18.1 Å². The molecule has 1 heterocycles. The molecule has 7 heteroatoms. The number of benzene rings is 2. The quantitative estimate of drug-likeness (QED) is 0.651. The van der Waals surface area contributed by atoms with E-state index in [0.717, 1.165) is 11.1 Å². The Balaban J connectivity index is 1.53. The second kappa shape index (κ2) is 9.52. The third-order valence-corrected chi connectivity index (χ3v) is 6.98. The second-order valence-corrected chi connectivity index (χ2v) is 9.33. The number of rotatable bonds is 7. The Morgan fingerprint density at radius 2 is 1.72 bits per heavy atom. The summed E-state index contributed by atoms with van der Waals surface area (Å²) in [6, 6.07) is 14.9. The Morgan fingerprint density at radius 3 is 2.45 bits per heavy atom. The van der Waals surface area contributed by atoms with Crippen molar-refractivity contribution in [2.45, 2.75) is 31.8 Å². The molecule has 0 N–H and O–H groups in total. The summed E-state index contributed by atoms with van der Waals surface area (Å²) < 4.78 is 32.9. The van der Waals surface area contributed by atoms with Crippen LogP contribution in [0.25, 0.3) is 0 Å². The van der Waals surface area contributed by atoms with Crippen molar-refractivity contribution in [3.63, 3.8) is 0 Å². The van der Waals surface area contributed by atoms with Crippen LogP contribution in [0, 0.1) is 13.8 Å². The molecule has 0 aliphatic carbocycles. The van der Waals surface area contributed by atoms with Gasteiger partial charge in [0.25, 0.3) is 0 Å². The summed E-state index contributed by atoms with van der Waals surface area (Å²) in [6.07, 6.45) is 0.184. The fraction of sp³-hybridized carbons (Fsp3) is 0.409. The minimum Gasteiger partial charge on any atom is -0.375 e. The molecule has 29 heavy (non-hydrogen) atoms. The first-order valence-corrected chi connectivity index (χ1v) is 11.3. The third kappa shape index (κ3) is 5.65. The lowest BCUT2D eigenvalue weighted by atomic mass is 10.1. The van der Waals surface area contributed by atoms with Gasteiger partial charge < -0.3 is 9.64 Å². The number of aryl methyl sites for hydroxylation is 2. The first kappa shape index (κ1) is 21.5. The number of nitrogens with zero attached hydrogens (tertiary/aromatic N) is 2. The van der Waals surface area contributed by atoms with Crippen molar-refractivity contribution < 1.29 is 17.9 Å². The molecular formula is C22H28N2O4S. The lowest BCUT2D eigenvalue weighted by Gasteiger charge is -2.22. The fourth-order valence-corrected chi connectivity index (χ4v) is 4.78. The van der Waals surface area contributed by atoms with Crippen LogP contribution >= 0.6 is 0 Å². The van der Waals surface area contributed by atoms with Crippen LogP contribution in [0.1, 0.15) is 23.1 Å². The predicted molar refractivity (Wildman–Crippen MR) is 112 cm³/mol. The summed E-state index contributed by atoms with van der Waals surface area (Å²) in [5, 5.41) is 0. The van der Waals surface area contributed by atoms with Crippen molar-refractivity contribution in [2.75, 3.05) is 32.8 Å². The van der Waals surface area contributed by atoms with E-state index in [0.29, 0.717) is 32.8 Å². The first-order valence-electron chi connectivity index (χ1n) is 9.84. The highest BCUT2D eigenvalue weighted by molar-refractivity contribution is 7.89. The van der Waals surface area contributed by atoms with Gasteiger partial charge in [-0.3, -0.25) is 4.79 Å². The minimum absolute atomic E-state index is 0.0363. The average molecular weight is 417 g/mol. The topological polar surface area (TPSA) is 66.9 Å². The molecule has 1 aliphatic rings. The van der Waals surface area contributed by atoms with Crippen molar-refractivity contribution in [2.24, 2.45) is 0 Å². The Kier molecular flexibility index (Phi) is 7.05. The van der Waals surface area contributed by atoms with Gasteiger partial charge in [0, 0.05) is 32.6 Å². The zero-order chi connectivity index (χ0) is 20.9. The summed E-state index contributed by atoms with van der Waals surface area (Å²) >= 11 is 0. The maximum Gasteiger partial charge on any atom is 0.243 e. The van der Waals surface area contributed by atoms with Gasteiger partial charge in [-0.1, -0.05) is 47.5 Å². The fourth-order valence-electron chi connectivity index (χ4n) is 3.35. The predicted octanol–water partition coefficient (Wildman–Crippen LogP) is 2.74. The van der Waals surface area contributed by atoms with Crippen molar-refractivity contribution in [3.8, 4) is 0 Å². The Bertz CT molecular complexity index is 942. The SMILES string of the molecule is Cc1ccc(S(=O)(=O)N2CCC(=O)N(CCOCc3cccc(C)c3)CC2)cc1. The van der Waals surface area contributed by atoms with E-state index < -0.39 is 10.0 Å². The number of hydrogen-bond donors (Lipinski definition) is 0. The zero-order valence-electron chi connectivity index (χ0n) is 17.0. The highest BCUT2D eigenvalue weighted by atomic mass is 32.2. The van der Waals surface area contributed by atoms with Crippen LogP contribution < -0.4 is 0 Å². The van der Waals surface area contributed by atoms with Gasteiger partial charge >= 0.3 is 0 Å². The minimum atomic E-state index is -3.59. The molecular weight excluding hydrogens is 388 g/mol. The van der Waals surface area contributed by atoms with Gasteiger partial charge in [-0.25, -0.2) is 8.42 Å². The van der Waals surface area contributed by atoms with Crippen molar-refractivity contribution >= 4 is 15.9 Å². The van der Waals surface area contributed by atoms with Crippen LogP contribution in [0.2, 0.25) is 0 Å². The molecule has 2 aromatic rings. The molecule has 6 nitrogen and oxygen atoms in total. The number of carbonyl (C=O) groups is 1. The van der Waals surface area contributed by atoms with Crippen LogP contribution in [0.3, 0.4) is 0 Å². The second-order valence-electron chi connectivity index (χ2n) is 7.39. The number of amides is 1. The summed E-state index contributed by atoms with van der Waals surface area (Å²) in [5.74, 6) is -0.0363. The largest absolute Gasteiger partial charge is 0.375 e. The van der Waals surface area contributed by atoms with Crippen molar-refractivity contribution in [1.29, 1.82) is 0 Å². The van der Waals surface area contributed by atoms with Gasteiger partial charge in [0.15, 0.2) is 0 Å². The van der Waals surface area contributed by atoms with Gasteiger partial charge in [0.1, 0.15) is 0 Å². The van der Waals surface area contributed by atoms with E-state index in [1.54, 1.807) is 29.2 Å². The Hall–Kier alpha value is -2.22. The lowest BCUT2D eigenvalue weighted by molar-refractivity contribution is -0.131. The standard InChI is InChI=1S/C22H28N2O4S/c1-18-6-8-21(9-7-18)29(26,27)24-11-10-22(25)23(12-13-24)14-15-28-17-20-5-3-4-19(2)16-20/h3-9,16H,10-15,17H2,1-2H3. The first-order chi connectivity index (χ1) is 13.9. The molecule has 0 radical (unpaired) electrons. The molecule has 3 rings (SSSR count). The molecule has 2 aromatic carbocycles. The third-order valence-electron chi connectivity index (χ3n) is 5.06. The molecule has 0 saturated carbocycles. The normalized spacial score (nSPS) is 16.1. The van der Waals surface area contributed by atoms with Crippen LogP contribution in [-0.2, 0) is 26.2 Å². The van der Waals surface area contributed by atoms with Crippen LogP contribution in [-0.4, -0.2) is 56.3 Å². The number of carbonyl (C=O) groups excluding carboxylic acids is 1. The van der Waals surface area contributed by atoms with E-state index in [1.807, 2.05) is 32.0 Å². The molecule has 0 unspecified atom stereocenters. The number of ether oxygens (including phenoxy) is 1. The highest BCUT2D eigenvalue weighted by Gasteiger charge is 2.29. The van der Waals surface area contributed by atoms with E-state index in [1.165, 1.54) is 9.87 Å². The maximum absolute atomic E-state index is 12.9. The van der Waals surface area contributed by atoms with E-state index in [2.05, 4.69) is 6.07 Å². The maximum atomic E-state index is 12.9. The molecule has 0 spiro atoms. The summed E-state index contributed by atoms with van der Waals surface area (Å²) in [7, 11) is -3.59. The van der Waals surface area contributed by atoms with E-state index in [-0.39, 0.29) is 23.8 Å². The van der Waals surface area contributed by atoms with E-state index in [4.69, 9.17) is 4.74 Å². The van der Waals surface area contributed by atoms with Crippen molar-refractivity contribution in [1.82, 2.24) is 9.21 Å². The summed E-state index contributed by atoms with van der Waals surface area (Å²) in [6.45, 7) is 6.20. The van der Waals surface area contributed by atoms with E-state index >= 15 is 0 Å².